The number of hydrogen-bond acceptors (Lipinski definition) is 4. The lowest BCUT2D eigenvalue weighted by molar-refractivity contribution is 0.102. The van der Waals surface area contributed by atoms with Gasteiger partial charge in [0.15, 0.2) is 0 Å². The minimum Gasteiger partial charge on any atom is -0.495 e. The smallest absolute Gasteiger partial charge is 0.255 e. The van der Waals surface area contributed by atoms with Crippen molar-refractivity contribution in [1.82, 2.24) is 4.98 Å². The van der Waals surface area contributed by atoms with Crippen molar-refractivity contribution in [2.45, 2.75) is 27.2 Å². The van der Waals surface area contributed by atoms with Crippen molar-refractivity contribution in [1.29, 1.82) is 0 Å². The molecule has 2 aromatic rings. The van der Waals surface area contributed by atoms with E-state index in [0.29, 0.717) is 28.7 Å². The van der Waals surface area contributed by atoms with Gasteiger partial charge >= 0.3 is 0 Å². The molecule has 0 saturated heterocycles. The molecule has 1 amide bonds. The first kappa shape index (κ1) is 17.8. The fraction of sp³-hybridized carbons (Fsp3) is 0.368. The number of aromatic nitrogens is 1. The highest BCUT2D eigenvalue weighted by Gasteiger charge is 2.11. The number of ether oxygens (including phenoxy) is 1. The second-order valence-corrected chi connectivity index (χ2v) is 6.20. The molecule has 0 spiro atoms. The minimum absolute atomic E-state index is 0.187. The normalized spacial score (nSPS) is 10.5. The van der Waals surface area contributed by atoms with Gasteiger partial charge in [-0.2, -0.15) is 0 Å². The van der Waals surface area contributed by atoms with E-state index in [-0.39, 0.29) is 5.91 Å². The third kappa shape index (κ3) is 4.98. The van der Waals surface area contributed by atoms with Gasteiger partial charge in [-0.15, -0.1) is 0 Å². The van der Waals surface area contributed by atoms with Crippen LogP contribution in [0.25, 0.3) is 0 Å². The van der Waals surface area contributed by atoms with Crippen LogP contribution in [0.4, 0.5) is 11.5 Å². The number of rotatable bonds is 7. The molecule has 0 fully saturated rings. The molecule has 5 nitrogen and oxygen atoms in total. The molecule has 1 aromatic carbocycles. The number of nitrogens with one attached hydrogen (secondary N) is 2. The first-order valence-electron chi connectivity index (χ1n) is 8.15. The predicted octanol–water partition coefficient (Wildman–Crippen LogP) is 4.11. The highest BCUT2D eigenvalue weighted by atomic mass is 16.5. The number of carbonyl (C=O) groups excluding carboxylic acids is 1. The first-order valence-corrected chi connectivity index (χ1v) is 8.15. The topological polar surface area (TPSA) is 63.2 Å². The maximum absolute atomic E-state index is 12.5. The van der Waals surface area contributed by atoms with Crippen LogP contribution in [-0.2, 0) is 0 Å². The van der Waals surface area contributed by atoms with Crippen LogP contribution in [0.2, 0.25) is 0 Å². The number of benzene rings is 1. The van der Waals surface area contributed by atoms with Crippen molar-refractivity contribution in [2.24, 2.45) is 5.92 Å². The van der Waals surface area contributed by atoms with Gasteiger partial charge in [0.05, 0.1) is 12.8 Å². The van der Waals surface area contributed by atoms with Crippen molar-refractivity contribution in [3.8, 4) is 5.75 Å². The lowest BCUT2D eigenvalue weighted by Gasteiger charge is -2.12. The monoisotopic (exact) mass is 327 g/mol. The van der Waals surface area contributed by atoms with Crippen molar-refractivity contribution in [2.75, 3.05) is 24.3 Å². The Morgan fingerprint density at radius 3 is 2.75 bits per heavy atom. The Morgan fingerprint density at radius 1 is 1.25 bits per heavy atom. The van der Waals surface area contributed by atoms with E-state index in [0.717, 1.165) is 18.5 Å². The SMILES string of the molecule is COc1ccc(C)cc1NC(=O)c1ccnc(NCCC(C)C)c1. The summed E-state index contributed by atoms with van der Waals surface area (Å²) in [6.07, 6.45) is 2.69. The fourth-order valence-corrected chi connectivity index (χ4v) is 2.27. The highest BCUT2D eigenvalue weighted by Crippen LogP contribution is 2.25. The molecule has 0 aliphatic heterocycles. The van der Waals surface area contributed by atoms with Gasteiger partial charge in [-0.1, -0.05) is 19.9 Å². The molecule has 0 aliphatic carbocycles. The predicted molar refractivity (Wildman–Crippen MR) is 97.9 cm³/mol. The largest absolute Gasteiger partial charge is 0.495 e. The van der Waals surface area contributed by atoms with E-state index in [4.69, 9.17) is 4.74 Å². The van der Waals surface area contributed by atoms with Crippen LogP contribution >= 0.6 is 0 Å². The number of hydrogen-bond donors (Lipinski definition) is 2. The van der Waals surface area contributed by atoms with E-state index >= 15 is 0 Å². The zero-order valence-corrected chi connectivity index (χ0v) is 14.7. The molecule has 5 heteroatoms. The van der Waals surface area contributed by atoms with E-state index in [2.05, 4.69) is 29.5 Å². The molecule has 24 heavy (non-hydrogen) atoms. The summed E-state index contributed by atoms with van der Waals surface area (Å²) in [4.78, 5) is 16.8. The van der Waals surface area contributed by atoms with Gasteiger partial charge in [0, 0.05) is 18.3 Å². The summed E-state index contributed by atoms with van der Waals surface area (Å²) in [5, 5.41) is 6.15. The lowest BCUT2D eigenvalue weighted by atomic mass is 10.1. The quantitative estimate of drug-likeness (QED) is 0.803. The third-order valence-electron chi connectivity index (χ3n) is 3.65. The van der Waals surface area contributed by atoms with Crippen molar-refractivity contribution >= 4 is 17.4 Å². The second-order valence-electron chi connectivity index (χ2n) is 6.20. The summed E-state index contributed by atoms with van der Waals surface area (Å²) in [5.74, 6) is 1.78. The van der Waals surface area contributed by atoms with Crippen LogP contribution in [0.1, 0.15) is 36.2 Å². The van der Waals surface area contributed by atoms with Crippen molar-refractivity contribution in [3.05, 3.63) is 47.7 Å². The molecule has 0 radical (unpaired) electrons. The molecule has 128 valence electrons. The second kappa shape index (κ2) is 8.34. The molecule has 0 saturated carbocycles. The standard InChI is InChI=1S/C19H25N3O2/c1-13(2)7-9-20-18-12-15(8-10-21-18)19(23)22-16-11-14(3)5-6-17(16)24-4/h5-6,8,10-13H,7,9H2,1-4H3,(H,20,21)(H,22,23). The Kier molecular flexibility index (Phi) is 6.18. The molecule has 1 aromatic heterocycles. The van der Waals surface area contributed by atoms with Gasteiger partial charge in [-0.25, -0.2) is 4.98 Å². The zero-order chi connectivity index (χ0) is 17.5. The minimum atomic E-state index is -0.187. The number of amides is 1. The summed E-state index contributed by atoms with van der Waals surface area (Å²) < 4.78 is 5.30. The maximum Gasteiger partial charge on any atom is 0.255 e. The molecule has 0 atom stereocenters. The highest BCUT2D eigenvalue weighted by molar-refractivity contribution is 6.05. The van der Waals surface area contributed by atoms with Crippen molar-refractivity contribution < 1.29 is 9.53 Å². The number of methoxy groups -OCH3 is 1. The molecule has 0 unspecified atom stereocenters. The fourth-order valence-electron chi connectivity index (χ4n) is 2.27. The number of anilines is 2. The van der Waals surface area contributed by atoms with E-state index in [1.807, 2.05) is 25.1 Å². The van der Waals surface area contributed by atoms with Crippen LogP contribution in [0.3, 0.4) is 0 Å². The summed E-state index contributed by atoms with van der Waals surface area (Å²) >= 11 is 0. The van der Waals surface area contributed by atoms with Gasteiger partial charge in [-0.3, -0.25) is 4.79 Å². The van der Waals surface area contributed by atoms with E-state index in [1.165, 1.54) is 0 Å². The number of carbonyl (C=O) groups is 1. The van der Waals surface area contributed by atoms with E-state index < -0.39 is 0 Å². The summed E-state index contributed by atoms with van der Waals surface area (Å²) in [6.45, 7) is 7.15. The molecular weight excluding hydrogens is 302 g/mol. The number of nitrogens with zero attached hydrogens (tertiary/aromatic N) is 1. The maximum atomic E-state index is 12.5. The average Bonchev–Trinajstić information content (AvgIpc) is 2.55. The van der Waals surface area contributed by atoms with Crippen LogP contribution in [-0.4, -0.2) is 24.5 Å². The number of aryl methyl sites for hydroxylation is 1. The Morgan fingerprint density at radius 2 is 2.04 bits per heavy atom. The Balaban J connectivity index is 2.08. The van der Waals surface area contributed by atoms with Gasteiger partial charge in [-0.05, 0) is 49.1 Å². The zero-order valence-electron chi connectivity index (χ0n) is 14.7. The molecule has 1 heterocycles. The summed E-state index contributed by atoms with van der Waals surface area (Å²) in [5.41, 5.74) is 2.27. The summed E-state index contributed by atoms with van der Waals surface area (Å²) in [7, 11) is 1.59. The Hall–Kier alpha value is -2.56. The van der Waals surface area contributed by atoms with Crippen LogP contribution in [0.15, 0.2) is 36.5 Å². The number of pyridine rings is 1. The molecule has 2 rings (SSSR count). The van der Waals surface area contributed by atoms with Gasteiger partial charge in [0.25, 0.3) is 5.91 Å². The molecular formula is C19H25N3O2. The van der Waals surface area contributed by atoms with Gasteiger partial charge in [0.2, 0.25) is 0 Å². The molecule has 0 bridgehead atoms. The average molecular weight is 327 g/mol. The van der Waals surface area contributed by atoms with Crippen molar-refractivity contribution in [3.63, 3.8) is 0 Å². The van der Waals surface area contributed by atoms with E-state index in [9.17, 15) is 4.79 Å². The Bertz CT molecular complexity index is 699. The van der Waals surface area contributed by atoms with Crippen LogP contribution in [0.5, 0.6) is 5.75 Å². The Labute approximate surface area is 143 Å². The lowest BCUT2D eigenvalue weighted by Crippen LogP contribution is -2.14. The van der Waals surface area contributed by atoms with Gasteiger partial charge in [0.1, 0.15) is 11.6 Å². The van der Waals surface area contributed by atoms with E-state index in [1.54, 1.807) is 25.4 Å². The third-order valence-corrected chi connectivity index (χ3v) is 3.65. The van der Waals surface area contributed by atoms with Gasteiger partial charge < -0.3 is 15.4 Å². The van der Waals surface area contributed by atoms with Crippen LogP contribution < -0.4 is 15.4 Å². The molecule has 2 N–H and O–H groups in total. The summed E-state index contributed by atoms with van der Waals surface area (Å²) in [6, 6.07) is 9.14. The van der Waals surface area contributed by atoms with Crippen LogP contribution in [0, 0.1) is 12.8 Å². The first-order chi connectivity index (χ1) is 11.5. The molecule has 0 aliphatic rings.